The van der Waals surface area contributed by atoms with Crippen molar-refractivity contribution in [3.8, 4) is 0 Å². The van der Waals surface area contributed by atoms with Crippen molar-refractivity contribution in [3.05, 3.63) is 0 Å². The predicted octanol–water partition coefficient (Wildman–Crippen LogP) is 2.01. The van der Waals surface area contributed by atoms with Gasteiger partial charge in [-0.1, -0.05) is 20.8 Å². The summed E-state index contributed by atoms with van der Waals surface area (Å²) < 4.78 is 7.34. The fraction of sp³-hybridized carbons (Fsp3) is 0.857. The van der Waals surface area contributed by atoms with Gasteiger partial charge in [-0.05, 0) is 5.89 Å². The topological polar surface area (TPSA) is 17.1 Å². The summed E-state index contributed by atoms with van der Waals surface area (Å²) in [6, 6.07) is 0. The maximum absolute atomic E-state index is 10.7. The van der Waals surface area contributed by atoms with Crippen LogP contribution in [0.15, 0.2) is 0 Å². The summed E-state index contributed by atoms with van der Waals surface area (Å²) in [6.45, 7) is 5.33. The Morgan fingerprint density at radius 3 is 2.38 bits per heavy atom. The van der Waals surface area contributed by atoms with Crippen LogP contribution in [-0.2, 0) is 4.79 Å². The average molecular weight is 115 g/mol. The van der Waals surface area contributed by atoms with E-state index in [1.807, 2.05) is 6.92 Å². The molecule has 1 nitrogen and oxygen atoms in total. The molecule has 0 fully saturated rings. The van der Waals surface area contributed by atoms with E-state index in [0.29, 0.717) is 12.8 Å². The van der Waals surface area contributed by atoms with Crippen molar-refractivity contribution in [2.45, 2.75) is 33.6 Å². The Balaban J connectivity index is 3.60. The maximum Gasteiger partial charge on any atom is 0.132 e. The highest BCUT2D eigenvalue weighted by Crippen LogP contribution is 2.01. The zero-order valence-corrected chi connectivity index (χ0v) is 5.82. The lowest BCUT2D eigenvalue weighted by Gasteiger charge is -1.98. The van der Waals surface area contributed by atoms with Crippen molar-refractivity contribution in [3.63, 3.8) is 0 Å². The molecule has 0 aromatic heterocycles. The van der Waals surface area contributed by atoms with Crippen LogP contribution in [0.5, 0.6) is 0 Å². The van der Waals surface area contributed by atoms with Gasteiger partial charge >= 0.3 is 0 Å². The second-order valence-corrected chi connectivity index (χ2v) is 2.28. The van der Waals surface area contributed by atoms with E-state index in [1.165, 1.54) is 0 Å². The van der Waals surface area contributed by atoms with Crippen molar-refractivity contribution in [2.75, 3.05) is 0 Å². The first-order valence-corrected chi connectivity index (χ1v) is 2.97. The standard InChI is InChI=1S/C7H14O/c1-4-7(8)5-6(2)3/h6H,4-5H2,1-3H3/i6D. The molecular formula is C7H14O. The number of ketones is 1. The number of Topliss-reactive ketones (excluding diaryl/α,β-unsaturated/α-hetero) is 1. The van der Waals surface area contributed by atoms with Gasteiger partial charge < -0.3 is 0 Å². The van der Waals surface area contributed by atoms with Crippen LogP contribution in [0.2, 0.25) is 0 Å². The SMILES string of the molecule is [2H]C(C)(C)CC(=O)CC. The summed E-state index contributed by atoms with van der Waals surface area (Å²) >= 11 is 0. The highest BCUT2D eigenvalue weighted by atomic mass is 16.1. The molecule has 0 rings (SSSR count). The lowest BCUT2D eigenvalue weighted by molar-refractivity contribution is -0.119. The van der Waals surface area contributed by atoms with Gasteiger partial charge in [0.15, 0.2) is 0 Å². The van der Waals surface area contributed by atoms with E-state index in [2.05, 4.69) is 0 Å². The molecule has 0 radical (unpaired) electrons. The minimum absolute atomic E-state index is 0.176. The second kappa shape index (κ2) is 3.65. The van der Waals surface area contributed by atoms with E-state index in [0.717, 1.165) is 0 Å². The van der Waals surface area contributed by atoms with Crippen LogP contribution in [0, 0.1) is 5.89 Å². The van der Waals surface area contributed by atoms with Crippen molar-refractivity contribution >= 4 is 5.78 Å². The molecule has 0 bridgehead atoms. The largest absolute Gasteiger partial charge is 0.300 e. The van der Waals surface area contributed by atoms with Crippen LogP contribution < -0.4 is 0 Å². The van der Waals surface area contributed by atoms with Crippen LogP contribution in [0.1, 0.15) is 35.0 Å². The molecule has 0 saturated heterocycles. The van der Waals surface area contributed by atoms with E-state index in [9.17, 15) is 4.79 Å². The fourth-order valence-corrected chi connectivity index (χ4v) is 0.519. The molecule has 0 amide bonds. The van der Waals surface area contributed by atoms with Gasteiger partial charge in [-0.3, -0.25) is 4.79 Å². The third-order valence-corrected chi connectivity index (χ3v) is 0.945. The Morgan fingerprint density at radius 2 is 2.25 bits per heavy atom. The molecule has 0 aliphatic heterocycles. The number of hydrogen-bond acceptors (Lipinski definition) is 1. The molecule has 0 aromatic carbocycles. The summed E-state index contributed by atoms with van der Waals surface area (Å²) in [5.74, 6) is -0.400. The van der Waals surface area contributed by atoms with E-state index in [-0.39, 0.29) is 5.78 Å². The van der Waals surface area contributed by atoms with Gasteiger partial charge in [0.25, 0.3) is 0 Å². The first-order valence-electron chi connectivity index (χ1n) is 3.47. The maximum atomic E-state index is 10.7. The van der Waals surface area contributed by atoms with Crippen LogP contribution >= 0.6 is 0 Å². The van der Waals surface area contributed by atoms with E-state index in [1.54, 1.807) is 13.8 Å². The molecule has 0 heterocycles. The molecule has 0 atom stereocenters. The molecule has 0 N–H and O–H groups in total. The molecule has 1 heteroatoms. The van der Waals surface area contributed by atoms with Crippen LogP contribution in [0.4, 0.5) is 0 Å². The van der Waals surface area contributed by atoms with Crippen molar-refractivity contribution < 1.29 is 6.17 Å². The summed E-state index contributed by atoms with van der Waals surface area (Å²) in [5.41, 5.74) is 0. The molecule has 48 valence electrons. The van der Waals surface area contributed by atoms with Gasteiger partial charge in [0, 0.05) is 14.2 Å². The molecule has 0 unspecified atom stereocenters. The van der Waals surface area contributed by atoms with Gasteiger partial charge in [0.2, 0.25) is 0 Å². The third kappa shape index (κ3) is 3.85. The molecule has 0 aliphatic rings. The summed E-state index contributed by atoms with van der Waals surface area (Å²) in [4.78, 5) is 10.7. The van der Waals surface area contributed by atoms with Gasteiger partial charge in [-0.2, -0.15) is 0 Å². The van der Waals surface area contributed by atoms with Crippen LogP contribution in [-0.4, -0.2) is 5.78 Å². The quantitative estimate of drug-likeness (QED) is 0.550. The minimum atomic E-state index is -0.576. The van der Waals surface area contributed by atoms with Gasteiger partial charge in [-0.15, -0.1) is 0 Å². The summed E-state index contributed by atoms with van der Waals surface area (Å²) in [7, 11) is 0. The smallest absolute Gasteiger partial charge is 0.132 e. The highest BCUT2D eigenvalue weighted by Gasteiger charge is 1.99. The monoisotopic (exact) mass is 115 g/mol. The van der Waals surface area contributed by atoms with Crippen molar-refractivity contribution in [2.24, 2.45) is 5.89 Å². The molecule has 0 spiro atoms. The van der Waals surface area contributed by atoms with Crippen LogP contribution in [0.25, 0.3) is 0 Å². The Bertz CT molecular complexity index is 102. The van der Waals surface area contributed by atoms with E-state index in [4.69, 9.17) is 1.37 Å². The second-order valence-electron chi connectivity index (χ2n) is 2.28. The lowest BCUT2D eigenvalue weighted by atomic mass is 10.1. The molecule has 8 heavy (non-hydrogen) atoms. The fourth-order valence-electron chi connectivity index (χ4n) is 0.519. The van der Waals surface area contributed by atoms with Crippen molar-refractivity contribution in [1.29, 1.82) is 0 Å². The first-order chi connectivity index (χ1) is 3.95. The summed E-state index contributed by atoms with van der Waals surface area (Å²) in [6.07, 6.45) is 0.936. The zero-order valence-electron chi connectivity index (χ0n) is 6.82. The van der Waals surface area contributed by atoms with Crippen molar-refractivity contribution in [1.82, 2.24) is 0 Å². The third-order valence-electron chi connectivity index (χ3n) is 0.945. The Hall–Kier alpha value is -0.330. The van der Waals surface area contributed by atoms with E-state index >= 15 is 0 Å². The molecule has 0 aromatic rings. The molecule has 0 aliphatic carbocycles. The van der Waals surface area contributed by atoms with Gasteiger partial charge in [0.1, 0.15) is 5.78 Å². The minimum Gasteiger partial charge on any atom is -0.300 e. The predicted molar refractivity (Wildman–Crippen MR) is 34.8 cm³/mol. The number of carbonyl (C=O) groups is 1. The number of hydrogen-bond donors (Lipinski definition) is 0. The molecule has 0 saturated carbocycles. The highest BCUT2D eigenvalue weighted by molar-refractivity contribution is 5.78. The molecular weight excluding hydrogens is 100 g/mol. The first kappa shape index (κ1) is 5.80. The Morgan fingerprint density at radius 1 is 1.75 bits per heavy atom. The van der Waals surface area contributed by atoms with Gasteiger partial charge in [-0.25, -0.2) is 0 Å². The summed E-state index contributed by atoms with van der Waals surface area (Å²) in [5, 5.41) is 0. The zero-order chi connectivity index (χ0) is 7.49. The van der Waals surface area contributed by atoms with E-state index < -0.39 is 5.89 Å². The normalized spacial score (nSPS) is 13.1. The number of rotatable bonds is 3. The Kier molecular flexibility index (Phi) is 2.64. The lowest BCUT2D eigenvalue weighted by Crippen LogP contribution is -1.99. The Labute approximate surface area is 52.5 Å². The van der Waals surface area contributed by atoms with Gasteiger partial charge in [0.05, 0.1) is 0 Å². The number of carbonyl (C=O) groups excluding carboxylic acids is 1. The average Bonchev–Trinajstić information content (AvgIpc) is 1.62. The van der Waals surface area contributed by atoms with Crippen LogP contribution in [0.3, 0.4) is 0 Å².